The molecule has 0 radical (unpaired) electrons. The molecule has 2 atom stereocenters. The third-order valence-corrected chi connectivity index (χ3v) is 3.65. The monoisotopic (exact) mass is 169 g/mol. The third kappa shape index (κ3) is 2.01. The van der Waals surface area contributed by atoms with Crippen molar-refractivity contribution in [3.63, 3.8) is 0 Å². The van der Waals surface area contributed by atoms with E-state index in [4.69, 9.17) is 5.73 Å². The van der Waals surface area contributed by atoms with Crippen molar-refractivity contribution in [2.45, 2.75) is 46.5 Å². The Bertz CT molecular complexity index is 140. The summed E-state index contributed by atoms with van der Waals surface area (Å²) in [5.41, 5.74) is 6.18. The maximum Gasteiger partial charge on any atom is -0.00743 e. The predicted molar refractivity (Wildman–Crippen MR) is 54.0 cm³/mol. The zero-order chi connectivity index (χ0) is 9.19. The molecule has 1 aliphatic carbocycles. The van der Waals surface area contributed by atoms with Crippen LogP contribution in [0.2, 0.25) is 0 Å². The number of nitrogens with two attached hydrogens (primary N) is 1. The minimum absolute atomic E-state index is 0.539. The van der Waals surface area contributed by atoms with Crippen molar-refractivity contribution in [1.82, 2.24) is 0 Å². The summed E-state index contributed by atoms with van der Waals surface area (Å²) in [5.74, 6) is 1.74. The molecule has 0 aromatic carbocycles. The minimum Gasteiger partial charge on any atom is -0.330 e. The zero-order valence-electron chi connectivity index (χ0n) is 8.77. The first kappa shape index (κ1) is 10.0. The molecule has 0 amide bonds. The van der Waals surface area contributed by atoms with Gasteiger partial charge >= 0.3 is 0 Å². The molecular weight excluding hydrogens is 146 g/mol. The maximum atomic E-state index is 5.64. The molecule has 2 N–H and O–H groups in total. The third-order valence-electron chi connectivity index (χ3n) is 3.65. The summed E-state index contributed by atoms with van der Waals surface area (Å²) in [4.78, 5) is 0. The molecule has 1 fully saturated rings. The SMILES string of the molecule is CC1CCCC(C)(C)C1CCN. The molecule has 1 heteroatoms. The van der Waals surface area contributed by atoms with Crippen LogP contribution in [0.3, 0.4) is 0 Å². The number of hydrogen-bond acceptors (Lipinski definition) is 1. The molecule has 12 heavy (non-hydrogen) atoms. The quantitative estimate of drug-likeness (QED) is 0.676. The zero-order valence-corrected chi connectivity index (χ0v) is 8.77. The minimum atomic E-state index is 0.539. The Balaban J connectivity index is 2.60. The van der Waals surface area contributed by atoms with Crippen LogP contribution in [0.25, 0.3) is 0 Å². The Morgan fingerprint density at radius 2 is 2.08 bits per heavy atom. The Hall–Kier alpha value is -0.0400. The lowest BCUT2D eigenvalue weighted by atomic mass is 9.63. The fraction of sp³-hybridized carbons (Fsp3) is 1.00. The second-order valence-electron chi connectivity index (χ2n) is 5.04. The first-order chi connectivity index (χ1) is 5.58. The molecule has 1 rings (SSSR count). The molecule has 0 aromatic heterocycles. The second kappa shape index (κ2) is 3.78. The van der Waals surface area contributed by atoms with E-state index < -0.39 is 0 Å². The van der Waals surface area contributed by atoms with Crippen molar-refractivity contribution in [2.75, 3.05) is 6.54 Å². The van der Waals surface area contributed by atoms with Gasteiger partial charge in [0.15, 0.2) is 0 Å². The standard InChI is InChI=1S/C11H23N/c1-9-5-4-7-11(2,3)10(9)6-8-12/h9-10H,4-8,12H2,1-3H3. The topological polar surface area (TPSA) is 26.0 Å². The van der Waals surface area contributed by atoms with E-state index in [0.29, 0.717) is 5.41 Å². The average molecular weight is 169 g/mol. The lowest BCUT2D eigenvalue weighted by Gasteiger charge is -2.43. The van der Waals surface area contributed by atoms with Gasteiger partial charge < -0.3 is 5.73 Å². The van der Waals surface area contributed by atoms with Crippen molar-refractivity contribution >= 4 is 0 Å². The summed E-state index contributed by atoms with van der Waals surface area (Å²) in [6.07, 6.45) is 5.43. The van der Waals surface area contributed by atoms with Gasteiger partial charge in [-0.2, -0.15) is 0 Å². The van der Waals surface area contributed by atoms with E-state index in [1.54, 1.807) is 0 Å². The van der Waals surface area contributed by atoms with Crippen LogP contribution < -0.4 is 5.73 Å². The van der Waals surface area contributed by atoms with E-state index in [0.717, 1.165) is 18.4 Å². The summed E-state index contributed by atoms with van der Waals surface area (Å²) in [6, 6.07) is 0. The van der Waals surface area contributed by atoms with Crippen molar-refractivity contribution < 1.29 is 0 Å². The smallest absolute Gasteiger partial charge is 0.00743 e. The summed E-state index contributed by atoms with van der Waals surface area (Å²) >= 11 is 0. The van der Waals surface area contributed by atoms with Gasteiger partial charge in [-0.25, -0.2) is 0 Å². The van der Waals surface area contributed by atoms with Crippen LogP contribution in [-0.2, 0) is 0 Å². The molecular formula is C11H23N. The van der Waals surface area contributed by atoms with Crippen LogP contribution >= 0.6 is 0 Å². The molecule has 0 aliphatic heterocycles. The van der Waals surface area contributed by atoms with Crippen LogP contribution in [0.15, 0.2) is 0 Å². The molecule has 2 unspecified atom stereocenters. The summed E-state index contributed by atoms with van der Waals surface area (Å²) < 4.78 is 0. The van der Waals surface area contributed by atoms with E-state index in [1.165, 1.54) is 25.7 Å². The van der Waals surface area contributed by atoms with Gasteiger partial charge in [-0.05, 0) is 36.6 Å². The van der Waals surface area contributed by atoms with E-state index >= 15 is 0 Å². The normalized spacial score (nSPS) is 35.0. The Kier molecular flexibility index (Phi) is 3.16. The first-order valence-corrected chi connectivity index (χ1v) is 5.28. The van der Waals surface area contributed by atoms with Crippen molar-refractivity contribution in [3.8, 4) is 0 Å². The van der Waals surface area contributed by atoms with Gasteiger partial charge in [0.2, 0.25) is 0 Å². The molecule has 0 bridgehead atoms. The van der Waals surface area contributed by atoms with E-state index in [-0.39, 0.29) is 0 Å². The maximum absolute atomic E-state index is 5.64. The highest BCUT2D eigenvalue weighted by molar-refractivity contribution is 4.86. The molecule has 1 saturated carbocycles. The Morgan fingerprint density at radius 3 is 2.58 bits per heavy atom. The van der Waals surface area contributed by atoms with Crippen LogP contribution in [0, 0.1) is 17.3 Å². The van der Waals surface area contributed by atoms with Crippen molar-refractivity contribution in [3.05, 3.63) is 0 Å². The lowest BCUT2D eigenvalue weighted by molar-refractivity contribution is 0.0785. The van der Waals surface area contributed by atoms with Gasteiger partial charge in [0.05, 0.1) is 0 Å². The molecule has 0 aromatic rings. The lowest BCUT2D eigenvalue weighted by Crippen LogP contribution is -2.35. The highest BCUT2D eigenvalue weighted by Crippen LogP contribution is 2.45. The summed E-state index contributed by atoms with van der Waals surface area (Å²) in [7, 11) is 0. The molecule has 0 spiro atoms. The summed E-state index contributed by atoms with van der Waals surface area (Å²) in [5, 5.41) is 0. The van der Waals surface area contributed by atoms with Gasteiger partial charge in [-0.1, -0.05) is 33.6 Å². The highest BCUT2D eigenvalue weighted by atomic mass is 14.5. The van der Waals surface area contributed by atoms with Gasteiger partial charge in [0.1, 0.15) is 0 Å². The Morgan fingerprint density at radius 1 is 1.42 bits per heavy atom. The Labute approximate surface area is 76.7 Å². The van der Waals surface area contributed by atoms with Gasteiger partial charge in [0.25, 0.3) is 0 Å². The van der Waals surface area contributed by atoms with Crippen LogP contribution in [0.1, 0.15) is 46.5 Å². The second-order valence-corrected chi connectivity index (χ2v) is 5.04. The first-order valence-electron chi connectivity index (χ1n) is 5.28. The van der Waals surface area contributed by atoms with Gasteiger partial charge in [-0.3, -0.25) is 0 Å². The van der Waals surface area contributed by atoms with Crippen LogP contribution in [0.5, 0.6) is 0 Å². The molecule has 1 nitrogen and oxygen atoms in total. The number of rotatable bonds is 2. The van der Waals surface area contributed by atoms with Crippen LogP contribution in [0.4, 0.5) is 0 Å². The van der Waals surface area contributed by atoms with E-state index in [2.05, 4.69) is 20.8 Å². The predicted octanol–water partition coefficient (Wildman–Crippen LogP) is 2.80. The summed E-state index contributed by atoms with van der Waals surface area (Å²) in [6.45, 7) is 8.06. The fourth-order valence-electron chi connectivity index (χ4n) is 2.89. The molecule has 72 valence electrons. The fourth-order valence-corrected chi connectivity index (χ4v) is 2.89. The van der Waals surface area contributed by atoms with Gasteiger partial charge in [-0.15, -0.1) is 0 Å². The van der Waals surface area contributed by atoms with Crippen molar-refractivity contribution in [2.24, 2.45) is 23.0 Å². The van der Waals surface area contributed by atoms with E-state index in [1.807, 2.05) is 0 Å². The molecule has 0 saturated heterocycles. The largest absolute Gasteiger partial charge is 0.330 e. The van der Waals surface area contributed by atoms with E-state index in [9.17, 15) is 0 Å². The average Bonchev–Trinajstić information content (AvgIpc) is 1.97. The van der Waals surface area contributed by atoms with Gasteiger partial charge in [0, 0.05) is 0 Å². The highest BCUT2D eigenvalue weighted by Gasteiger charge is 2.35. The van der Waals surface area contributed by atoms with Crippen LogP contribution in [-0.4, -0.2) is 6.54 Å². The number of hydrogen-bond donors (Lipinski definition) is 1. The molecule has 1 aliphatic rings. The molecule has 0 heterocycles. The van der Waals surface area contributed by atoms with Crippen molar-refractivity contribution in [1.29, 1.82) is 0 Å².